The van der Waals surface area contributed by atoms with Gasteiger partial charge in [0.25, 0.3) is 0 Å². The molecule has 0 bridgehead atoms. The number of aromatic nitrogens is 4. The first kappa shape index (κ1) is 15.4. The zero-order valence-electron chi connectivity index (χ0n) is 13.6. The average Bonchev–Trinajstić information content (AvgIpc) is 3.04. The molecule has 0 radical (unpaired) electrons. The summed E-state index contributed by atoms with van der Waals surface area (Å²) in [5, 5.41) is 8.49. The van der Waals surface area contributed by atoms with Crippen LogP contribution in [0.1, 0.15) is 24.4 Å². The van der Waals surface area contributed by atoms with E-state index in [4.69, 9.17) is 0 Å². The van der Waals surface area contributed by atoms with Gasteiger partial charge in [-0.3, -0.25) is 14.3 Å². The van der Waals surface area contributed by atoms with Crippen molar-refractivity contribution in [1.29, 1.82) is 0 Å². The SMILES string of the molecule is C[C@H]1C(=O)N(Cc2cccc(F)c2)Cc2nnc(-c3cccnc3)n21. The van der Waals surface area contributed by atoms with Crippen LogP contribution in [0.5, 0.6) is 0 Å². The van der Waals surface area contributed by atoms with Crippen molar-refractivity contribution in [1.82, 2.24) is 24.6 Å². The highest BCUT2D eigenvalue weighted by Crippen LogP contribution is 2.28. The standard InChI is InChI=1S/C18H16FN5O/c1-12-18(25)23(10-13-4-2-6-15(19)8-13)11-16-21-22-17(24(12)16)14-5-3-7-20-9-14/h2-9,12H,10-11H2,1H3/t12-/m0/s1. The Hall–Kier alpha value is -3.09. The summed E-state index contributed by atoms with van der Waals surface area (Å²) in [5.74, 6) is 0.996. The highest BCUT2D eigenvalue weighted by molar-refractivity contribution is 5.82. The van der Waals surface area contributed by atoms with Crippen LogP contribution in [0.3, 0.4) is 0 Å². The molecule has 2 aromatic heterocycles. The first-order chi connectivity index (χ1) is 12.1. The number of hydrogen-bond donors (Lipinski definition) is 0. The maximum Gasteiger partial charge on any atom is 0.246 e. The maximum absolute atomic E-state index is 13.4. The van der Waals surface area contributed by atoms with Crippen molar-refractivity contribution in [3.8, 4) is 11.4 Å². The van der Waals surface area contributed by atoms with Crippen molar-refractivity contribution in [2.45, 2.75) is 26.1 Å². The molecule has 0 fully saturated rings. The van der Waals surface area contributed by atoms with E-state index in [1.165, 1.54) is 12.1 Å². The van der Waals surface area contributed by atoms with E-state index in [1.807, 2.05) is 23.6 Å². The number of fused-ring (bicyclic) bond motifs is 1. The minimum absolute atomic E-state index is 0.0401. The molecule has 7 heteroatoms. The van der Waals surface area contributed by atoms with E-state index in [0.717, 1.165) is 11.1 Å². The van der Waals surface area contributed by atoms with Crippen molar-refractivity contribution >= 4 is 5.91 Å². The van der Waals surface area contributed by atoms with Gasteiger partial charge in [0.15, 0.2) is 11.6 Å². The van der Waals surface area contributed by atoms with E-state index in [9.17, 15) is 9.18 Å². The van der Waals surface area contributed by atoms with E-state index >= 15 is 0 Å². The van der Waals surface area contributed by atoms with Crippen LogP contribution in [0.2, 0.25) is 0 Å². The molecule has 1 aliphatic rings. The van der Waals surface area contributed by atoms with Gasteiger partial charge in [0, 0.05) is 24.5 Å². The average molecular weight is 337 g/mol. The Kier molecular flexibility index (Phi) is 3.76. The molecular formula is C18H16FN5O. The lowest BCUT2D eigenvalue weighted by atomic mass is 10.1. The normalized spacial score (nSPS) is 16.8. The number of halogens is 1. The van der Waals surface area contributed by atoms with Crippen molar-refractivity contribution < 1.29 is 9.18 Å². The molecule has 1 aliphatic heterocycles. The molecule has 6 nitrogen and oxygen atoms in total. The van der Waals surface area contributed by atoms with Crippen LogP contribution in [0, 0.1) is 5.82 Å². The molecule has 0 unspecified atom stereocenters. The summed E-state index contributed by atoms with van der Waals surface area (Å²) in [5.41, 5.74) is 1.57. The maximum atomic E-state index is 13.4. The van der Waals surface area contributed by atoms with Gasteiger partial charge in [-0.1, -0.05) is 12.1 Å². The summed E-state index contributed by atoms with van der Waals surface area (Å²) in [6, 6.07) is 9.57. The molecule has 3 aromatic rings. The summed E-state index contributed by atoms with van der Waals surface area (Å²) in [7, 11) is 0. The third-order valence-electron chi connectivity index (χ3n) is 4.34. The molecule has 25 heavy (non-hydrogen) atoms. The number of amides is 1. The van der Waals surface area contributed by atoms with Gasteiger partial charge in [0.1, 0.15) is 11.9 Å². The van der Waals surface area contributed by atoms with Crippen LogP contribution in [0.15, 0.2) is 48.8 Å². The Morgan fingerprint density at radius 2 is 2.12 bits per heavy atom. The van der Waals surface area contributed by atoms with Gasteiger partial charge < -0.3 is 4.90 Å². The molecule has 0 N–H and O–H groups in total. The summed E-state index contributed by atoms with van der Waals surface area (Å²) in [4.78, 5) is 18.6. The summed E-state index contributed by atoms with van der Waals surface area (Å²) < 4.78 is 15.2. The van der Waals surface area contributed by atoms with E-state index in [0.29, 0.717) is 24.7 Å². The zero-order valence-corrected chi connectivity index (χ0v) is 13.6. The first-order valence-electron chi connectivity index (χ1n) is 8.01. The molecule has 3 heterocycles. The van der Waals surface area contributed by atoms with Gasteiger partial charge in [-0.15, -0.1) is 10.2 Å². The van der Waals surface area contributed by atoms with Crippen molar-refractivity contribution in [2.75, 3.05) is 0 Å². The quantitative estimate of drug-likeness (QED) is 0.737. The smallest absolute Gasteiger partial charge is 0.246 e. The van der Waals surface area contributed by atoms with Crippen LogP contribution >= 0.6 is 0 Å². The fourth-order valence-electron chi connectivity index (χ4n) is 3.14. The van der Waals surface area contributed by atoms with Crippen LogP contribution < -0.4 is 0 Å². The second-order valence-electron chi connectivity index (χ2n) is 6.05. The van der Waals surface area contributed by atoms with Crippen LogP contribution in [0.4, 0.5) is 4.39 Å². The minimum Gasteiger partial charge on any atom is -0.329 e. The number of hydrogen-bond acceptors (Lipinski definition) is 4. The monoisotopic (exact) mass is 337 g/mol. The molecule has 0 spiro atoms. The van der Waals surface area contributed by atoms with Gasteiger partial charge in [-0.05, 0) is 36.8 Å². The van der Waals surface area contributed by atoms with Crippen LogP contribution in [0.25, 0.3) is 11.4 Å². The number of carbonyl (C=O) groups excluding carboxylic acids is 1. The number of benzene rings is 1. The molecule has 4 rings (SSSR count). The third kappa shape index (κ3) is 2.77. The van der Waals surface area contributed by atoms with E-state index in [-0.39, 0.29) is 11.7 Å². The summed E-state index contributed by atoms with van der Waals surface area (Å²) >= 11 is 0. The van der Waals surface area contributed by atoms with E-state index in [2.05, 4.69) is 15.2 Å². The first-order valence-corrected chi connectivity index (χ1v) is 8.01. The van der Waals surface area contributed by atoms with Crippen molar-refractivity contribution in [2.24, 2.45) is 0 Å². The fraction of sp³-hybridized carbons (Fsp3) is 0.222. The number of carbonyl (C=O) groups is 1. The highest BCUT2D eigenvalue weighted by Gasteiger charge is 2.33. The van der Waals surface area contributed by atoms with Gasteiger partial charge in [-0.2, -0.15) is 0 Å². The predicted octanol–water partition coefficient (Wildman–Crippen LogP) is 2.58. The second kappa shape index (κ2) is 6.08. The lowest BCUT2D eigenvalue weighted by molar-refractivity contribution is -0.137. The molecule has 1 amide bonds. The number of rotatable bonds is 3. The third-order valence-corrected chi connectivity index (χ3v) is 4.34. The Bertz CT molecular complexity index is 924. The molecule has 1 aromatic carbocycles. The zero-order chi connectivity index (χ0) is 17.4. The van der Waals surface area contributed by atoms with Gasteiger partial charge in [-0.25, -0.2) is 4.39 Å². The molecule has 1 atom stereocenters. The lowest BCUT2D eigenvalue weighted by Crippen LogP contribution is -2.41. The van der Waals surface area contributed by atoms with Crippen molar-refractivity contribution in [3.63, 3.8) is 0 Å². The van der Waals surface area contributed by atoms with Gasteiger partial charge in [0.05, 0.1) is 6.54 Å². The highest BCUT2D eigenvalue weighted by atomic mass is 19.1. The molecule has 0 saturated heterocycles. The van der Waals surface area contributed by atoms with Crippen molar-refractivity contribution in [3.05, 3.63) is 66.0 Å². The van der Waals surface area contributed by atoms with Gasteiger partial charge >= 0.3 is 0 Å². The summed E-state index contributed by atoms with van der Waals surface area (Å²) in [6.07, 6.45) is 3.39. The largest absolute Gasteiger partial charge is 0.329 e. The molecule has 0 aliphatic carbocycles. The lowest BCUT2D eigenvalue weighted by Gasteiger charge is -2.32. The molecule has 126 valence electrons. The van der Waals surface area contributed by atoms with Gasteiger partial charge in [0.2, 0.25) is 5.91 Å². The van der Waals surface area contributed by atoms with E-state index < -0.39 is 6.04 Å². The molecular weight excluding hydrogens is 321 g/mol. The predicted molar refractivity (Wildman–Crippen MR) is 88.6 cm³/mol. The fourth-order valence-corrected chi connectivity index (χ4v) is 3.14. The Balaban J connectivity index is 1.66. The topological polar surface area (TPSA) is 63.9 Å². The Labute approximate surface area is 143 Å². The second-order valence-corrected chi connectivity index (χ2v) is 6.05. The van der Waals surface area contributed by atoms with Crippen LogP contribution in [-0.2, 0) is 17.9 Å². The summed E-state index contributed by atoms with van der Waals surface area (Å²) in [6.45, 7) is 2.51. The Morgan fingerprint density at radius 3 is 2.88 bits per heavy atom. The van der Waals surface area contributed by atoms with E-state index in [1.54, 1.807) is 29.4 Å². The number of pyridine rings is 1. The molecule has 0 saturated carbocycles. The number of nitrogens with zero attached hydrogens (tertiary/aromatic N) is 5. The Morgan fingerprint density at radius 1 is 1.24 bits per heavy atom. The van der Waals surface area contributed by atoms with Crippen LogP contribution in [-0.4, -0.2) is 30.6 Å². The minimum atomic E-state index is -0.428.